The van der Waals surface area contributed by atoms with E-state index in [1.165, 1.54) is 24.0 Å². The fourth-order valence-corrected chi connectivity index (χ4v) is 3.69. The molecule has 1 amide bonds. The van der Waals surface area contributed by atoms with E-state index in [1.807, 2.05) is 30.3 Å². The molecule has 152 valence electrons. The number of amides is 1. The van der Waals surface area contributed by atoms with Crippen molar-refractivity contribution in [2.24, 2.45) is 5.92 Å². The molecule has 0 saturated heterocycles. The van der Waals surface area contributed by atoms with Gasteiger partial charge in [-0.1, -0.05) is 63.4 Å². The third-order valence-electron chi connectivity index (χ3n) is 5.86. The molecule has 3 rings (SSSR count). The molecule has 0 unspecified atom stereocenters. The van der Waals surface area contributed by atoms with Crippen LogP contribution in [0.2, 0.25) is 0 Å². The van der Waals surface area contributed by atoms with E-state index in [0.29, 0.717) is 11.5 Å². The summed E-state index contributed by atoms with van der Waals surface area (Å²) in [6, 6.07) is 16.2. The molecule has 0 fully saturated rings. The van der Waals surface area contributed by atoms with Crippen molar-refractivity contribution in [3.8, 4) is 11.3 Å². The quantitative estimate of drug-likeness (QED) is 0.481. The molecule has 0 saturated carbocycles. The van der Waals surface area contributed by atoms with E-state index in [0.717, 1.165) is 41.5 Å². The Morgan fingerprint density at radius 1 is 1.03 bits per heavy atom. The molecule has 3 nitrogen and oxygen atoms in total. The van der Waals surface area contributed by atoms with Crippen LogP contribution in [0.1, 0.15) is 61.0 Å². The van der Waals surface area contributed by atoms with E-state index in [-0.39, 0.29) is 5.91 Å². The summed E-state index contributed by atoms with van der Waals surface area (Å²) in [6.07, 6.45) is 4.66. The average Bonchev–Trinajstić information content (AvgIpc) is 2.74. The van der Waals surface area contributed by atoms with Crippen LogP contribution < -0.4 is 5.32 Å². The highest BCUT2D eigenvalue weighted by atomic mass is 16.1. The van der Waals surface area contributed by atoms with E-state index in [4.69, 9.17) is 4.98 Å². The minimum atomic E-state index is -0.0105. The number of carbonyl (C=O) groups is 1. The molecule has 0 aliphatic carbocycles. The van der Waals surface area contributed by atoms with Crippen LogP contribution in [0, 0.1) is 19.8 Å². The lowest BCUT2D eigenvalue weighted by Crippen LogP contribution is -2.29. The molecule has 29 heavy (non-hydrogen) atoms. The van der Waals surface area contributed by atoms with Gasteiger partial charge in [0.15, 0.2) is 0 Å². The van der Waals surface area contributed by atoms with Gasteiger partial charge in [-0.25, -0.2) is 4.98 Å². The maximum Gasteiger partial charge on any atom is 0.252 e. The molecule has 0 aliphatic heterocycles. The second-order valence-electron chi connectivity index (χ2n) is 8.00. The number of para-hydroxylation sites is 1. The minimum Gasteiger partial charge on any atom is -0.352 e. The standard InChI is InChI=1S/C26H32N2O/c1-5-7-10-20(6-2)17-27-26(29)23-16-25(21-14-13-18(3)19(4)15-21)28-24-12-9-8-11-22(23)24/h8-9,11-16,20H,5-7,10,17H2,1-4H3,(H,27,29)/t20-/m1/s1. The Morgan fingerprint density at radius 3 is 2.55 bits per heavy atom. The number of rotatable bonds is 8. The normalized spacial score (nSPS) is 12.1. The van der Waals surface area contributed by atoms with Crippen molar-refractivity contribution in [3.05, 3.63) is 65.2 Å². The van der Waals surface area contributed by atoms with E-state index < -0.39 is 0 Å². The highest BCUT2D eigenvalue weighted by molar-refractivity contribution is 6.07. The Labute approximate surface area is 174 Å². The van der Waals surface area contributed by atoms with Crippen molar-refractivity contribution in [3.63, 3.8) is 0 Å². The van der Waals surface area contributed by atoms with Crippen LogP contribution in [0.25, 0.3) is 22.2 Å². The van der Waals surface area contributed by atoms with Gasteiger partial charge in [0.05, 0.1) is 16.8 Å². The van der Waals surface area contributed by atoms with Gasteiger partial charge in [-0.2, -0.15) is 0 Å². The van der Waals surface area contributed by atoms with Crippen molar-refractivity contribution in [2.45, 2.75) is 53.4 Å². The highest BCUT2D eigenvalue weighted by Crippen LogP contribution is 2.26. The van der Waals surface area contributed by atoms with Crippen LogP contribution in [0.4, 0.5) is 0 Å². The first-order valence-corrected chi connectivity index (χ1v) is 10.8. The summed E-state index contributed by atoms with van der Waals surface area (Å²) >= 11 is 0. The van der Waals surface area contributed by atoms with Gasteiger partial charge in [-0.05, 0) is 55.5 Å². The van der Waals surface area contributed by atoms with Crippen LogP contribution in [0.3, 0.4) is 0 Å². The number of unbranched alkanes of at least 4 members (excludes halogenated alkanes) is 1. The third-order valence-corrected chi connectivity index (χ3v) is 5.86. The number of fused-ring (bicyclic) bond motifs is 1. The lowest BCUT2D eigenvalue weighted by atomic mass is 9.98. The number of hydrogen-bond acceptors (Lipinski definition) is 2. The van der Waals surface area contributed by atoms with Gasteiger partial charge in [-0.15, -0.1) is 0 Å². The fourth-order valence-electron chi connectivity index (χ4n) is 3.69. The Bertz CT molecular complexity index is 993. The predicted octanol–water partition coefficient (Wildman–Crippen LogP) is 6.46. The maximum absolute atomic E-state index is 13.1. The molecule has 1 heterocycles. The lowest BCUT2D eigenvalue weighted by molar-refractivity contribution is 0.0947. The van der Waals surface area contributed by atoms with Crippen molar-refractivity contribution in [1.82, 2.24) is 10.3 Å². The monoisotopic (exact) mass is 388 g/mol. The largest absolute Gasteiger partial charge is 0.352 e. The smallest absolute Gasteiger partial charge is 0.252 e. The van der Waals surface area contributed by atoms with E-state index in [1.54, 1.807) is 0 Å². The third kappa shape index (κ3) is 5.03. The molecule has 1 aromatic heterocycles. The second kappa shape index (κ2) is 9.69. The van der Waals surface area contributed by atoms with Gasteiger partial charge >= 0.3 is 0 Å². The number of hydrogen-bond donors (Lipinski definition) is 1. The zero-order valence-corrected chi connectivity index (χ0v) is 18.1. The summed E-state index contributed by atoms with van der Waals surface area (Å²) in [4.78, 5) is 17.9. The van der Waals surface area contributed by atoms with Gasteiger partial charge < -0.3 is 5.32 Å². The molecular weight excluding hydrogens is 356 g/mol. The summed E-state index contributed by atoms with van der Waals surface area (Å²) in [5.74, 6) is 0.523. The number of carbonyl (C=O) groups excluding carboxylic acids is 1. The molecule has 1 atom stereocenters. The van der Waals surface area contributed by atoms with Crippen LogP contribution >= 0.6 is 0 Å². The molecule has 0 bridgehead atoms. The van der Waals surface area contributed by atoms with Crippen LogP contribution in [-0.4, -0.2) is 17.4 Å². The second-order valence-corrected chi connectivity index (χ2v) is 8.00. The van der Waals surface area contributed by atoms with E-state index in [9.17, 15) is 4.79 Å². The summed E-state index contributed by atoms with van der Waals surface area (Å²) < 4.78 is 0. The number of aryl methyl sites for hydroxylation is 2. The van der Waals surface area contributed by atoms with E-state index in [2.05, 4.69) is 51.2 Å². The topological polar surface area (TPSA) is 42.0 Å². The van der Waals surface area contributed by atoms with Crippen molar-refractivity contribution in [2.75, 3.05) is 6.54 Å². The molecule has 2 aromatic carbocycles. The van der Waals surface area contributed by atoms with Gasteiger partial charge in [0, 0.05) is 17.5 Å². The van der Waals surface area contributed by atoms with Crippen LogP contribution in [0.5, 0.6) is 0 Å². The molecular formula is C26H32N2O. The van der Waals surface area contributed by atoms with E-state index >= 15 is 0 Å². The Kier molecular flexibility index (Phi) is 7.03. The summed E-state index contributed by atoms with van der Waals surface area (Å²) in [6.45, 7) is 9.35. The molecule has 3 aromatic rings. The summed E-state index contributed by atoms with van der Waals surface area (Å²) in [7, 11) is 0. The molecule has 0 aliphatic rings. The zero-order chi connectivity index (χ0) is 20.8. The Morgan fingerprint density at radius 2 is 1.83 bits per heavy atom. The fraction of sp³-hybridized carbons (Fsp3) is 0.385. The zero-order valence-electron chi connectivity index (χ0n) is 18.1. The van der Waals surface area contributed by atoms with Gasteiger partial charge in [-0.3, -0.25) is 4.79 Å². The van der Waals surface area contributed by atoms with Crippen molar-refractivity contribution >= 4 is 16.8 Å². The number of aromatic nitrogens is 1. The SMILES string of the molecule is CCCC[C@@H](CC)CNC(=O)c1cc(-c2ccc(C)c(C)c2)nc2ccccc12. The molecule has 0 spiro atoms. The number of benzene rings is 2. The Balaban J connectivity index is 1.93. The maximum atomic E-state index is 13.1. The first-order chi connectivity index (χ1) is 14.0. The summed E-state index contributed by atoms with van der Waals surface area (Å²) in [5, 5.41) is 4.09. The summed E-state index contributed by atoms with van der Waals surface area (Å²) in [5.41, 5.74) is 5.92. The number of nitrogens with one attached hydrogen (secondary N) is 1. The van der Waals surface area contributed by atoms with Crippen LogP contribution in [0.15, 0.2) is 48.5 Å². The average molecular weight is 389 g/mol. The van der Waals surface area contributed by atoms with Gasteiger partial charge in [0.1, 0.15) is 0 Å². The first kappa shape index (κ1) is 21.0. The number of pyridine rings is 1. The highest BCUT2D eigenvalue weighted by Gasteiger charge is 2.15. The van der Waals surface area contributed by atoms with Gasteiger partial charge in [0.25, 0.3) is 5.91 Å². The minimum absolute atomic E-state index is 0.0105. The molecule has 1 N–H and O–H groups in total. The lowest BCUT2D eigenvalue weighted by Gasteiger charge is -2.16. The first-order valence-electron chi connectivity index (χ1n) is 10.8. The Hall–Kier alpha value is -2.68. The van der Waals surface area contributed by atoms with Crippen molar-refractivity contribution in [1.29, 1.82) is 0 Å². The predicted molar refractivity (Wildman–Crippen MR) is 122 cm³/mol. The van der Waals surface area contributed by atoms with Gasteiger partial charge in [0.2, 0.25) is 0 Å². The van der Waals surface area contributed by atoms with Crippen LogP contribution in [-0.2, 0) is 0 Å². The number of nitrogens with zero attached hydrogens (tertiary/aromatic N) is 1. The molecule has 0 radical (unpaired) electrons. The van der Waals surface area contributed by atoms with Crippen molar-refractivity contribution < 1.29 is 4.79 Å². The molecule has 3 heteroatoms.